The van der Waals surface area contributed by atoms with Crippen molar-refractivity contribution in [3.63, 3.8) is 0 Å². The zero-order chi connectivity index (χ0) is 7.66. The Morgan fingerprint density at radius 2 is 2.20 bits per heavy atom. The quantitative estimate of drug-likeness (QED) is 0.249. The Morgan fingerprint density at radius 1 is 1.40 bits per heavy atom. The van der Waals surface area contributed by atoms with Crippen molar-refractivity contribution in [1.29, 1.82) is 0 Å². The van der Waals surface area contributed by atoms with Gasteiger partial charge in [-0.15, -0.1) is 0 Å². The molecule has 3 N–H and O–H groups in total. The van der Waals surface area contributed by atoms with E-state index in [-0.39, 0.29) is 0 Å². The minimum atomic E-state index is 0.681. The lowest BCUT2D eigenvalue weighted by Gasteiger charge is -1.98. The predicted octanol–water partition coefficient (Wildman–Crippen LogP) is 0.702. The molecule has 4 heteroatoms. The summed E-state index contributed by atoms with van der Waals surface area (Å²) in [7, 11) is 0. The lowest BCUT2D eigenvalue weighted by atomic mass is 10.3. The first kappa shape index (κ1) is 9.36. The lowest BCUT2D eigenvalue weighted by molar-refractivity contribution is 0.637. The summed E-state index contributed by atoms with van der Waals surface area (Å²) < 4.78 is 0. The molecule has 0 amide bonds. The maximum absolute atomic E-state index is 4.80. The van der Waals surface area contributed by atoms with E-state index in [1.165, 1.54) is 12.8 Å². The zero-order valence-electron chi connectivity index (χ0n) is 6.51. The molecule has 0 heterocycles. The summed E-state index contributed by atoms with van der Waals surface area (Å²) in [4.78, 5) is 0. The van der Waals surface area contributed by atoms with Gasteiger partial charge in [-0.1, -0.05) is 18.6 Å². The van der Waals surface area contributed by atoms with Gasteiger partial charge in [0.2, 0.25) is 0 Å². The highest BCUT2D eigenvalue weighted by molar-refractivity contribution is 4.47. The number of hydrogen-bond acceptors (Lipinski definition) is 3. The molecule has 0 rings (SSSR count). The monoisotopic (exact) mass is 144 g/mol. The van der Waals surface area contributed by atoms with Gasteiger partial charge >= 0.3 is 0 Å². The minimum Gasteiger partial charge on any atom is -0.315 e. The molecule has 0 aliphatic heterocycles. The van der Waals surface area contributed by atoms with Gasteiger partial charge in [-0.05, 0) is 13.0 Å². The van der Waals surface area contributed by atoms with E-state index in [0.717, 1.165) is 13.1 Å². The summed E-state index contributed by atoms with van der Waals surface area (Å²) in [6.07, 6.45) is 2.45. The van der Waals surface area contributed by atoms with Crippen molar-refractivity contribution in [2.24, 2.45) is 16.2 Å². The van der Waals surface area contributed by atoms with Gasteiger partial charge in [0.15, 0.2) is 0 Å². The van der Waals surface area contributed by atoms with Gasteiger partial charge < -0.3 is 11.2 Å². The van der Waals surface area contributed by atoms with Crippen molar-refractivity contribution >= 4 is 0 Å². The predicted molar refractivity (Wildman–Crippen MR) is 41.7 cm³/mol. The van der Waals surface area contributed by atoms with Crippen molar-refractivity contribution in [2.75, 3.05) is 19.6 Å². The second-order valence-corrected chi connectivity index (χ2v) is 2.08. The second kappa shape index (κ2) is 8.36. The SMILES string of the molecule is CCCCNCCN=NN. The third-order valence-electron chi connectivity index (χ3n) is 1.18. The first-order valence-electron chi connectivity index (χ1n) is 3.69. The van der Waals surface area contributed by atoms with E-state index in [1.807, 2.05) is 0 Å². The van der Waals surface area contributed by atoms with Gasteiger partial charge in [-0.2, -0.15) is 5.11 Å². The molecule has 0 fully saturated rings. The molecule has 0 spiro atoms. The number of nitrogens with one attached hydrogen (secondary N) is 1. The number of rotatable bonds is 6. The fourth-order valence-corrected chi connectivity index (χ4v) is 0.614. The van der Waals surface area contributed by atoms with Crippen LogP contribution in [-0.2, 0) is 0 Å². The second-order valence-electron chi connectivity index (χ2n) is 2.08. The molecule has 0 saturated carbocycles. The van der Waals surface area contributed by atoms with Crippen LogP contribution in [0.5, 0.6) is 0 Å². The molecule has 0 aliphatic carbocycles. The van der Waals surface area contributed by atoms with Gasteiger partial charge in [-0.3, -0.25) is 0 Å². The standard InChI is InChI=1S/C6H16N4/c1-2-3-4-8-5-6-9-10-7/h8H,2-6H2,1H3,(H2,7,9). The molecular weight excluding hydrogens is 128 g/mol. The first-order chi connectivity index (χ1) is 4.91. The van der Waals surface area contributed by atoms with E-state index in [9.17, 15) is 0 Å². The summed E-state index contributed by atoms with van der Waals surface area (Å²) >= 11 is 0. The highest BCUT2D eigenvalue weighted by atomic mass is 15.3. The van der Waals surface area contributed by atoms with Crippen LogP contribution in [0.15, 0.2) is 10.3 Å². The van der Waals surface area contributed by atoms with Crippen molar-refractivity contribution in [2.45, 2.75) is 19.8 Å². The van der Waals surface area contributed by atoms with Gasteiger partial charge in [0, 0.05) is 6.54 Å². The minimum absolute atomic E-state index is 0.681. The van der Waals surface area contributed by atoms with Crippen LogP contribution in [0.3, 0.4) is 0 Å². The van der Waals surface area contributed by atoms with Crippen LogP contribution in [0, 0.1) is 0 Å². The molecule has 0 aromatic heterocycles. The molecule has 4 nitrogen and oxygen atoms in total. The number of hydrogen-bond donors (Lipinski definition) is 2. The van der Waals surface area contributed by atoms with Gasteiger partial charge in [0.05, 0.1) is 6.54 Å². The van der Waals surface area contributed by atoms with Gasteiger partial charge in [-0.25, -0.2) is 0 Å². The van der Waals surface area contributed by atoms with Crippen molar-refractivity contribution < 1.29 is 0 Å². The molecular formula is C6H16N4. The van der Waals surface area contributed by atoms with Crippen LogP contribution in [-0.4, -0.2) is 19.6 Å². The van der Waals surface area contributed by atoms with E-state index in [1.54, 1.807) is 0 Å². The van der Waals surface area contributed by atoms with Gasteiger partial charge in [0.25, 0.3) is 0 Å². The molecule has 10 heavy (non-hydrogen) atoms. The summed E-state index contributed by atoms with van der Waals surface area (Å²) in [5, 5.41) is 9.96. The van der Waals surface area contributed by atoms with Crippen molar-refractivity contribution in [3.05, 3.63) is 0 Å². The molecule has 0 aliphatic rings. The van der Waals surface area contributed by atoms with Crippen molar-refractivity contribution in [3.8, 4) is 0 Å². The summed E-state index contributed by atoms with van der Waals surface area (Å²) in [6.45, 7) is 4.79. The highest BCUT2D eigenvalue weighted by Gasteiger charge is 1.83. The third kappa shape index (κ3) is 7.36. The van der Waals surface area contributed by atoms with E-state index in [4.69, 9.17) is 5.84 Å². The zero-order valence-corrected chi connectivity index (χ0v) is 6.51. The van der Waals surface area contributed by atoms with Crippen LogP contribution in [0.2, 0.25) is 0 Å². The van der Waals surface area contributed by atoms with Crippen LogP contribution in [0.4, 0.5) is 0 Å². The number of nitrogens with two attached hydrogens (primary N) is 1. The summed E-state index contributed by atoms with van der Waals surface area (Å²) in [5.74, 6) is 4.80. The smallest absolute Gasteiger partial charge is 0.0744 e. The lowest BCUT2D eigenvalue weighted by Crippen LogP contribution is -2.18. The van der Waals surface area contributed by atoms with Crippen LogP contribution in [0.25, 0.3) is 0 Å². The largest absolute Gasteiger partial charge is 0.315 e. The number of unbranched alkanes of at least 4 members (excludes halogenated alkanes) is 1. The summed E-state index contributed by atoms with van der Waals surface area (Å²) in [5.41, 5.74) is 0. The molecule has 0 radical (unpaired) electrons. The highest BCUT2D eigenvalue weighted by Crippen LogP contribution is 1.81. The van der Waals surface area contributed by atoms with Crippen LogP contribution < -0.4 is 11.2 Å². The molecule has 0 bridgehead atoms. The van der Waals surface area contributed by atoms with Gasteiger partial charge in [0.1, 0.15) is 0 Å². The fraction of sp³-hybridized carbons (Fsp3) is 1.00. The van der Waals surface area contributed by atoms with Crippen molar-refractivity contribution in [1.82, 2.24) is 5.32 Å². The van der Waals surface area contributed by atoms with E-state index in [0.29, 0.717) is 6.54 Å². The van der Waals surface area contributed by atoms with E-state index in [2.05, 4.69) is 22.6 Å². The Kier molecular flexibility index (Phi) is 7.82. The summed E-state index contributed by atoms with van der Waals surface area (Å²) in [6, 6.07) is 0. The third-order valence-corrected chi connectivity index (χ3v) is 1.18. The molecule has 60 valence electrons. The molecule has 0 aromatic rings. The molecule has 0 unspecified atom stereocenters. The normalized spacial score (nSPS) is 10.9. The van der Waals surface area contributed by atoms with Crippen LogP contribution >= 0.6 is 0 Å². The Hall–Kier alpha value is -0.640. The average Bonchev–Trinajstić information content (AvgIpc) is 1.97. The topological polar surface area (TPSA) is 62.8 Å². The Labute approximate surface area is 61.9 Å². The molecule has 0 saturated heterocycles. The van der Waals surface area contributed by atoms with E-state index >= 15 is 0 Å². The Morgan fingerprint density at radius 3 is 2.80 bits per heavy atom. The maximum Gasteiger partial charge on any atom is 0.0744 e. The first-order valence-corrected chi connectivity index (χ1v) is 3.69. The average molecular weight is 144 g/mol. The molecule has 0 aromatic carbocycles. The number of nitrogens with zero attached hydrogens (tertiary/aromatic N) is 2. The Balaban J connectivity index is 2.77. The van der Waals surface area contributed by atoms with Crippen LogP contribution in [0.1, 0.15) is 19.8 Å². The van der Waals surface area contributed by atoms with E-state index < -0.39 is 0 Å². The Bertz CT molecular complexity index is 81.8. The fourth-order valence-electron chi connectivity index (χ4n) is 0.614. The molecule has 0 atom stereocenters. The maximum atomic E-state index is 4.80.